The summed E-state index contributed by atoms with van der Waals surface area (Å²) < 4.78 is 21.1. The molecule has 0 atom stereocenters. The van der Waals surface area contributed by atoms with Crippen molar-refractivity contribution in [2.45, 2.75) is 26.6 Å². The van der Waals surface area contributed by atoms with E-state index in [2.05, 4.69) is 5.32 Å². The number of benzene rings is 1. The van der Waals surface area contributed by atoms with Gasteiger partial charge in [0.25, 0.3) is 0 Å². The van der Waals surface area contributed by atoms with Crippen molar-refractivity contribution >= 4 is 17.6 Å². The monoisotopic (exact) mass is 349 g/mol. The number of carbonyl (C=O) groups excluding carboxylic acids is 2. The molecule has 1 aromatic rings. The normalized spacial score (nSPS) is 15.3. The van der Waals surface area contributed by atoms with Gasteiger partial charge in [0.05, 0.1) is 26.4 Å². The zero-order chi connectivity index (χ0) is 18.3. The van der Waals surface area contributed by atoms with Crippen LogP contribution >= 0.6 is 0 Å². The minimum Gasteiger partial charge on any atom is -0.462 e. The molecular weight excluding hydrogens is 326 g/mol. The summed E-state index contributed by atoms with van der Waals surface area (Å²) in [6, 6.07) is 7.34. The predicted octanol–water partition coefficient (Wildman–Crippen LogP) is 2.33. The Balaban J connectivity index is 2.19. The third-order valence-corrected chi connectivity index (χ3v) is 3.60. The van der Waals surface area contributed by atoms with Gasteiger partial charge in [-0.15, -0.1) is 0 Å². The highest BCUT2D eigenvalue weighted by molar-refractivity contribution is 6.14. The van der Waals surface area contributed by atoms with Crippen molar-refractivity contribution in [1.29, 1.82) is 0 Å². The first-order chi connectivity index (χ1) is 12.0. The highest BCUT2D eigenvalue weighted by atomic mass is 16.7. The molecule has 7 nitrogen and oxygen atoms in total. The average molecular weight is 349 g/mol. The van der Waals surface area contributed by atoms with Crippen LogP contribution < -0.4 is 5.32 Å². The lowest BCUT2D eigenvalue weighted by Gasteiger charge is -2.23. The largest absolute Gasteiger partial charge is 0.462 e. The molecule has 1 heterocycles. The lowest BCUT2D eigenvalue weighted by atomic mass is 10.1. The molecule has 1 N–H and O–H groups in total. The van der Waals surface area contributed by atoms with Crippen molar-refractivity contribution in [3.63, 3.8) is 0 Å². The van der Waals surface area contributed by atoms with Crippen LogP contribution in [0.25, 0.3) is 0 Å². The molecule has 136 valence electrons. The van der Waals surface area contributed by atoms with Gasteiger partial charge in [0, 0.05) is 17.5 Å². The van der Waals surface area contributed by atoms with Crippen LogP contribution in [0.3, 0.4) is 0 Å². The molecule has 0 aliphatic carbocycles. The molecule has 0 aromatic heterocycles. The highest BCUT2D eigenvalue weighted by Gasteiger charge is 2.33. The molecular formula is C18H23NO6. The van der Waals surface area contributed by atoms with Gasteiger partial charge in [-0.1, -0.05) is 12.1 Å². The number of hydrogen-bond acceptors (Lipinski definition) is 7. The van der Waals surface area contributed by atoms with Crippen molar-refractivity contribution in [2.24, 2.45) is 0 Å². The van der Waals surface area contributed by atoms with Crippen LogP contribution in [0.2, 0.25) is 0 Å². The third kappa shape index (κ3) is 4.80. The number of rotatable bonds is 7. The second kappa shape index (κ2) is 8.64. The van der Waals surface area contributed by atoms with Gasteiger partial charge in [-0.25, -0.2) is 9.59 Å². The van der Waals surface area contributed by atoms with Crippen molar-refractivity contribution < 1.29 is 28.5 Å². The predicted molar refractivity (Wildman–Crippen MR) is 90.7 cm³/mol. The van der Waals surface area contributed by atoms with Crippen LogP contribution in [0.4, 0.5) is 5.69 Å². The second-order valence-electron chi connectivity index (χ2n) is 5.37. The summed E-state index contributed by atoms with van der Waals surface area (Å²) in [5, 5.41) is 2.93. The first-order valence-electron chi connectivity index (χ1n) is 8.19. The smallest absolute Gasteiger partial charge is 0.347 e. The number of anilines is 1. The van der Waals surface area contributed by atoms with Gasteiger partial charge in [0.1, 0.15) is 0 Å². The average Bonchev–Trinajstić information content (AvgIpc) is 3.04. The topological polar surface area (TPSA) is 83.1 Å². The highest BCUT2D eigenvalue weighted by Crippen LogP contribution is 2.32. The molecule has 0 spiro atoms. The molecule has 0 saturated carbocycles. The van der Waals surface area contributed by atoms with Gasteiger partial charge >= 0.3 is 11.9 Å². The molecule has 1 aliphatic heterocycles. The summed E-state index contributed by atoms with van der Waals surface area (Å²) >= 11 is 0. The molecule has 1 fully saturated rings. The van der Waals surface area contributed by atoms with Crippen molar-refractivity contribution in [1.82, 2.24) is 0 Å². The summed E-state index contributed by atoms with van der Waals surface area (Å²) in [7, 11) is 0. The minimum absolute atomic E-state index is 0.165. The summed E-state index contributed by atoms with van der Waals surface area (Å²) in [6.45, 7) is 6.57. The fraction of sp³-hybridized carbons (Fsp3) is 0.444. The Morgan fingerprint density at radius 2 is 1.76 bits per heavy atom. The maximum Gasteiger partial charge on any atom is 0.347 e. The SMILES string of the molecule is CCOC(=O)C(=CNc1cccc(C2(C)OCCO2)c1)C(=O)OCC. The van der Waals surface area contributed by atoms with E-state index in [0.29, 0.717) is 18.9 Å². The van der Waals surface area contributed by atoms with E-state index in [1.54, 1.807) is 19.9 Å². The van der Waals surface area contributed by atoms with Gasteiger partial charge in [-0.3, -0.25) is 0 Å². The first kappa shape index (κ1) is 19.0. The fourth-order valence-corrected chi connectivity index (χ4v) is 2.35. The number of carbonyl (C=O) groups is 2. The Labute approximate surface area is 146 Å². The first-order valence-corrected chi connectivity index (χ1v) is 8.19. The van der Waals surface area contributed by atoms with Crippen LogP contribution in [-0.4, -0.2) is 38.4 Å². The second-order valence-corrected chi connectivity index (χ2v) is 5.37. The van der Waals surface area contributed by atoms with E-state index < -0.39 is 17.7 Å². The molecule has 25 heavy (non-hydrogen) atoms. The summed E-state index contributed by atoms with van der Waals surface area (Å²) in [5.41, 5.74) is 1.30. The van der Waals surface area contributed by atoms with Crippen molar-refractivity contribution in [3.8, 4) is 0 Å². The number of hydrogen-bond donors (Lipinski definition) is 1. The van der Waals surface area contributed by atoms with Crippen LogP contribution in [-0.2, 0) is 34.3 Å². The van der Waals surface area contributed by atoms with E-state index >= 15 is 0 Å². The zero-order valence-electron chi connectivity index (χ0n) is 14.7. The molecule has 7 heteroatoms. The molecule has 0 unspecified atom stereocenters. The van der Waals surface area contributed by atoms with Gasteiger partial charge in [0.15, 0.2) is 11.4 Å². The van der Waals surface area contributed by atoms with Gasteiger partial charge in [0.2, 0.25) is 0 Å². The van der Waals surface area contributed by atoms with E-state index in [1.807, 2.05) is 25.1 Å². The van der Waals surface area contributed by atoms with E-state index in [0.717, 1.165) is 5.56 Å². The van der Waals surface area contributed by atoms with E-state index in [-0.39, 0.29) is 18.8 Å². The lowest BCUT2D eigenvalue weighted by molar-refractivity contribution is -0.149. The standard InChI is InChI=1S/C18H23NO6/c1-4-22-16(20)15(17(21)23-5-2)12-19-14-8-6-7-13(11-14)18(3)24-9-10-25-18/h6-8,11-12,19H,4-5,9-10H2,1-3H3. The Bertz CT molecular complexity index is 629. The lowest BCUT2D eigenvalue weighted by Crippen LogP contribution is -2.22. The summed E-state index contributed by atoms with van der Waals surface area (Å²) in [4.78, 5) is 23.9. The molecule has 0 radical (unpaired) electrons. The van der Waals surface area contributed by atoms with Crippen LogP contribution in [0.15, 0.2) is 36.0 Å². The molecule has 1 saturated heterocycles. The fourth-order valence-electron chi connectivity index (χ4n) is 2.35. The molecule has 2 rings (SSSR count). The quantitative estimate of drug-likeness (QED) is 0.350. The number of nitrogens with one attached hydrogen (secondary N) is 1. The van der Waals surface area contributed by atoms with E-state index in [9.17, 15) is 9.59 Å². The van der Waals surface area contributed by atoms with Gasteiger partial charge < -0.3 is 24.3 Å². The number of ether oxygens (including phenoxy) is 4. The zero-order valence-corrected chi connectivity index (χ0v) is 14.7. The van der Waals surface area contributed by atoms with E-state index in [1.165, 1.54) is 6.20 Å². The molecule has 0 bridgehead atoms. The van der Waals surface area contributed by atoms with Crippen LogP contribution in [0, 0.1) is 0 Å². The summed E-state index contributed by atoms with van der Waals surface area (Å²) in [6.07, 6.45) is 1.29. The molecule has 1 aliphatic rings. The maximum atomic E-state index is 11.9. The Morgan fingerprint density at radius 3 is 2.32 bits per heavy atom. The summed E-state index contributed by atoms with van der Waals surface area (Å²) in [5.74, 6) is -2.27. The van der Waals surface area contributed by atoms with Crippen LogP contribution in [0.1, 0.15) is 26.3 Å². The van der Waals surface area contributed by atoms with Crippen LogP contribution in [0.5, 0.6) is 0 Å². The maximum absolute atomic E-state index is 11.9. The van der Waals surface area contributed by atoms with Gasteiger partial charge in [-0.05, 0) is 32.9 Å². The van der Waals surface area contributed by atoms with E-state index in [4.69, 9.17) is 18.9 Å². The Kier molecular flexibility index (Phi) is 6.55. The molecule has 1 aromatic carbocycles. The molecule has 0 amide bonds. The third-order valence-electron chi connectivity index (χ3n) is 3.60. The van der Waals surface area contributed by atoms with Crippen molar-refractivity contribution in [2.75, 3.05) is 31.7 Å². The van der Waals surface area contributed by atoms with Gasteiger partial charge in [-0.2, -0.15) is 0 Å². The Morgan fingerprint density at radius 1 is 1.16 bits per heavy atom. The number of esters is 2. The van der Waals surface area contributed by atoms with Crippen molar-refractivity contribution in [3.05, 3.63) is 41.6 Å². The Hall–Kier alpha value is -2.38. The minimum atomic E-state index is -0.799.